The fraction of sp³-hybridized carbons (Fsp3) is 0.438. The van der Waals surface area contributed by atoms with Crippen LogP contribution in [0.15, 0.2) is 29.2 Å². The number of hydrogen-bond acceptors (Lipinski definition) is 4. The second kappa shape index (κ2) is 6.86. The highest BCUT2D eigenvalue weighted by atomic mass is 32.1. The number of nitrogens with one attached hydrogen (secondary N) is 1. The topological polar surface area (TPSA) is 34.2 Å². The molecule has 0 aliphatic rings. The number of nitrogens with zero attached hydrogens (tertiary/aromatic N) is 1. The van der Waals surface area contributed by atoms with E-state index in [4.69, 9.17) is 4.74 Å². The Kier molecular flexibility index (Phi) is 5.15. The van der Waals surface area contributed by atoms with E-state index in [9.17, 15) is 0 Å². The van der Waals surface area contributed by atoms with Gasteiger partial charge in [-0.1, -0.05) is 6.92 Å². The van der Waals surface area contributed by atoms with Crippen LogP contribution in [0.4, 0.5) is 0 Å². The minimum absolute atomic E-state index is 0.160. The number of hydrogen-bond donors (Lipinski definition) is 1. The largest absolute Gasteiger partial charge is 0.489 e. The quantitative estimate of drug-likeness (QED) is 0.875. The summed E-state index contributed by atoms with van der Waals surface area (Å²) in [5.74, 6) is 0.827. The average molecular weight is 290 g/mol. The molecule has 0 radical (unpaired) electrons. The number of thiophene rings is 1. The first-order chi connectivity index (χ1) is 9.61. The number of aromatic nitrogens is 1. The van der Waals surface area contributed by atoms with Crippen molar-refractivity contribution >= 4 is 11.3 Å². The van der Waals surface area contributed by atoms with E-state index in [-0.39, 0.29) is 12.1 Å². The molecule has 0 amide bonds. The van der Waals surface area contributed by atoms with Crippen LogP contribution >= 0.6 is 11.3 Å². The van der Waals surface area contributed by atoms with Crippen LogP contribution in [0.3, 0.4) is 0 Å². The molecule has 0 aliphatic heterocycles. The molecular weight excluding hydrogens is 268 g/mol. The molecule has 1 atom stereocenters. The zero-order chi connectivity index (χ0) is 14.5. The Morgan fingerprint density at radius 3 is 2.70 bits per heavy atom. The number of aryl methyl sites for hydroxylation is 1. The van der Waals surface area contributed by atoms with Crippen molar-refractivity contribution in [1.82, 2.24) is 10.3 Å². The van der Waals surface area contributed by atoms with Crippen LogP contribution in [-0.4, -0.2) is 17.6 Å². The predicted molar refractivity (Wildman–Crippen MR) is 84.6 cm³/mol. The third-order valence-electron chi connectivity index (χ3n) is 3.05. The second-order valence-corrected chi connectivity index (χ2v) is 5.86. The lowest BCUT2D eigenvalue weighted by Gasteiger charge is -2.19. The highest BCUT2D eigenvalue weighted by Crippen LogP contribution is 2.29. The Morgan fingerprint density at radius 1 is 1.30 bits per heavy atom. The lowest BCUT2D eigenvalue weighted by Crippen LogP contribution is -2.22. The Hall–Kier alpha value is -1.39. The highest BCUT2D eigenvalue weighted by Gasteiger charge is 2.17. The van der Waals surface area contributed by atoms with Crippen molar-refractivity contribution in [2.45, 2.75) is 39.8 Å². The van der Waals surface area contributed by atoms with E-state index in [1.807, 2.05) is 20.0 Å². The molecule has 2 aromatic rings. The maximum atomic E-state index is 5.74. The monoisotopic (exact) mass is 290 g/mol. The summed E-state index contributed by atoms with van der Waals surface area (Å²) in [7, 11) is 0. The van der Waals surface area contributed by atoms with Gasteiger partial charge in [-0.15, -0.1) is 0 Å². The summed E-state index contributed by atoms with van der Waals surface area (Å²) in [6.45, 7) is 9.23. The first-order valence-corrected chi connectivity index (χ1v) is 7.93. The van der Waals surface area contributed by atoms with Gasteiger partial charge in [0, 0.05) is 6.20 Å². The van der Waals surface area contributed by atoms with E-state index in [0.717, 1.165) is 17.9 Å². The smallest absolute Gasteiger partial charge is 0.138 e. The molecule has 2 aromatic heterocycles. The van der Waals surface area contributed by atoms with E-state index < -0.39 is 0 Å². The van der Waals surface area contributed by atoms with Gasteiger partial charge >= 0.3 is 0 Å². The van der Waals surface area contributed by atoms with E-state index in [0.29, 0.717) is 0 Å². The molecule has 1 N–H and O–H groups in total. The van der Waals surface area contributed by atoms with Crippen molar-refractivity contribution in [2.75, 3.05) is 6.54 Å². The molecule has 0 saturated carbocycles. The molecule has 0 aliphatic carbocycles. The van der Waals surface area contributed by atoms with Gasteiger partial charge in [0.25, 0.3) is 0 Å². The molecule has 1 unspecified atom stereocenters. The van der Waals surface area contributed by atoms with Gasteiger partial charge in [0.05, 0.1) is 18.3 Å². The molecule has 2 rings (SSSR count). The SMILES string of the molecule is CCNC(c1cncc(OC(C)C)c1)c1cscc1C. The zero-order valence-electron chi connectivity index (χ0n) is 12.5. The molecule has 20 heavy (non-hydrogen) atoms. The molecule has 2 heterocycles. The van der Waals surface area contributed by atoms with Crippen LogP contribution in [0.1, 0.15) is 43.5 Å². The highest BCUT2D eigenvalue weighted by molar-refractivity contribution is 7.08. The normalized spacial score (nSPS) is 12.7. The van der Waals surface area contributed by atoms with Crippen LogP contribution in [-0.2, 0) is 0 Å². The Balaban J connectivity index is 2.32. The van der Waals surface area contributed by atoms with Crippen LogP contribution in [0.5, 0.6) is 5.75 Å². The third kappa shape index (κ3) is 3.58. The van der Waals surface area contributed by atoms with Crippen LogP contribution in [0.2, 0.25) is 0 Å². The molecule has 0 aromatic carbocycles. The van der Waals surface area contributed by atoms with E-state index in [1.165, 1.54) is 11.1 Å². The van der Waals surface area contributed by atoms with Gasteiger partial charge in [0.1, 0.15) is 5.75 Å². The number of rotatable bonds is 6. The molecule has 108 valence electrons. The maximum Gasteiger partial charge on any atom is 0.138 e. The van der Waals surface area contributed by atoms with Crippen molar-refractivity contribution in [3.63, 3.8) is 0 Å². The van der Waals surface area contributed by atoms with Crippen LogP contribution in [0, 0.1) is 6.92 Å². The number of pyridine rings is 1. The molecule has 4 heteroatoms. The molecule has 0 saturated heterocycles. The Labute approximate surface area is 125 Å². The summed E-state index contributed by atoms with van der Waals surface area (Å²) < 4.78 is 5.74. The summed E-state index contributed by atoms with van der Waals surface area (Å²) in [6.07, 6.45) is 3.84. The van der Waals surface area contributed by atoms with Crippen molar-refractivity contribution in [1.29, 1.82) is 0 Å². The lowest BCUT2D eigenvalue weighted by molar-refractivity contribution is 0.241. The maximum absolute atomic E-state index is 5.74. The van der Waals surface area contributed by atoms with Crippen LogP contribution < -0.4 is 10.1 Å². The van der Waals surface area contributed by atoms with Gasteiger partial charge in [0.15, 0.2) is 0 Å². The van der Waals surface area contributed by atoms with Gasteiger partial charge in [0.2, 0.25) is 0 Å². The second-order valence-electron chi connectivity index (χ2n) is 5.12. The third-order valence-corrected chi connectivity index (χ3v) is 3.93. The first kappa shape index (κ1) is 15.0. The average Bonchev–Trinajstić information content (AvgIpc) is 2.81. The number of ether oxygens (including phenoxy) is 1. The Morgan fingerprint density at radius 2 is 2.10 bits per heavy atom. The summed E-state index contributed by atoms with van der Waals surface area (Å²) in [5, 5.41) is 7.92. The van der Waals surface area contributed by atoms with Crippen LogP contribution in [0.25, 0.3) is 0 Å². The van der Waals surface area contributed by atoms with Gasteiger partial charge in [-0.05, 0) is 60.8 Å². The molecule has 0 fully saturated rings. The van der Waals surface area contributed by atoms with Gasteiger partial charge < -0.3 is 10.1 Å². The van der Waals surface area contributed by atoms with E-state index in [2.05, 4.69) is 41.0 Å². The Bertz CT molecular complexity index is 551. The molecule has 0 bridgehead atoms. The summed E-state index contributed by atoms with van der Waals surface area (Å²) >= 11 is 1.74. The van der Waals surface area contributed by atoms with Crippen molar-refractivity contribution in [3.8, 4) is 5.75 Å². The minimum Gasteiger partial charge on any atom is -0.489 e. The summed E-state index contributed by atoms with van der Waals surface area (Å²) in [4.78, 5) is 4.32. The first-order valence-electron chi connectivity index (χ1n) is 6.99. The van der Waals surface area contributed by atoms with Gasteiger partial charge in [-0.2, -0.15) is 11.3 Å². The predicted octanol–water partition coefficient (Wildman–Crippen LogP) is 3.94. The van der Waals surface area contributed by atoms with E-state index in [1.54, 1.807) is 17.5 Å². The molecule has 0 spiro atoms. The summed E-state index contributed by atoms with van der Waals surface area (Å²) in [6, 6.07) is 2.26. The fourth-order valence-electron chi connectivity index (χ4n) is 2.21. The van der Waals surface area contributed by atoms with Gasteiger partial charge in [-0.25, -0.2) is 0 Å². The standard InChI is InChI=1S/C16H22N2OS/c1-5-18-16(15-10-20-9-12(15)4)13-6-14(8-17-7-13)19-11(2)3/h6-11,16,18H,5H2,1-4H3. The molecule has 3 nitrogen and oxygen atoms in total. The van der Waals surface area contributed by atoms with Crippen molar-refractivity contribution in [2.24, 2.45) is 0 Å². The lowest BCUT2D eigenvalue weighted by atomic mass is 10.00. The fourth-order valence-corrected chi connectivity index (χ4v) is 3.08. The van der Waals surface area contributed by atoms with Crippen molar-refractivity contribution in [3.05, 3.63) is 45.9 Å². The van der Waals surface area contributed by atoms with Crippen molar-refractivity contribution < 1.29 is 4.74 Å². The van der Waals surface area contributed by atoms with E-state index >= 15 is 0 Å². The van der Waals surface area contributed by atoms with Gasteiger partial charge in [-0.3, -0.25) is 4.98 Å². The zero-order valence-corrected chi connectivity index (χ0v) is 13.3. The minimum atomic E-state index is 0.160. The summed E-state index contributed by atoms with van der Waals surface area (Å²) in [5.41, 5.74) is 3.78. The molecular formula is C16H22N2OS.